The number of hydrogen-bond donors (Lipinski definition) is 1. The molecule has 0 aliphatic carbocycles. The monoisotopic (exact) mass is 264 g/mol. The normalized spacial score (nSPS) is 12.9. The molecule has 2 aromatic heterocycles. The van der Waals surface area contributed by atoms with Crippen molar-refractivity contribution in [1.29, 1.82) is 0 Å². The molecule has 0 fully saturated rings. The molecule has 0 spiro atoms. The fourth-order valence-corrected chi connectivity index (χ4v) is 3.09. The highest BCUT2D eigenvalue weighted by Gasteiger charge is 2.17. The maximum absolute atomic E-state index is 4.61. The fraction of sp³-hybridized carbons (Fsp3) is 0.538. The molecule has 2 rings (SSSR count). The van der Waals surface area contributed by atoms with Crippen LogP contribution in [0.25, 0.3) is 0 Å². The van der Waals surface area contributed by atoms with E-state index in [9.17, 15) is 0 Å². The molecular weight excluding hydrogens is 244 g/mol. The third kappa shape index (κ3) is 2.62. The second-order valence-electron chi connectivity index (χ2n) is 4.63. The van der Waals surface area contributed by atoms with Gasteiger partial charge < -0.3 is 5.32 Å². The number of nitrogens with zero attached hydrogens (tertiary/aromatic N) is 3. The average molecular weight is 264 g/mol. The quantitative estimate of drug-likeness (QED) is 0.921. The van der Waals surface area contributed by atoms with E-state index in [2.05, 4.69) is 35.3 Å². The Morgan fingerprint density at radius 2 is 2.11 bits per heavy atom. The number of hydrogen-bond acceptors (Lipinski definition) is 4. The second-order valence-corrected chi connectivity index (χ2v) is 5.92. The molecule has 1 atom stereocenters. The van der Waals surface area contributed by atoms with Crippen molar-refractivity contribution < 1.29 is 0 Å². The van der Waals surface area contributed by atoms with Crippen LogP contribution in [-0.2, 0) is 13.5 Å². The van der Waals surface area contributed by atoms with Gasteiger partial charge in [-0.2, -0.15) is 5.10 Å². The molecule has 98 valence electrons. The maximum Gasteiger partial charge on any atom is 0.0950 e. The first-order valence-corrected chi connectivity index (χ1v) is 6.93. The van der Waals surface area contributed by atoms with Gasteiger partial charge in [-0.25, -0.2) is 4.98 Å². The Kier molecular flexibility index (Phi) is 3.82. The van der Waals surface area contributed by atoms with Crippen LogP contribution in [0.3, 0.4) is 0 Å². The lowest BCUT2D eigenvalue weighted by Gasteiger charge is -2.14. The van der Waals surface area contributed by atoms with Gasteiger partial charge in [0.1, 0.15) is 0 Å². The summed E-state index contributed by atoms with van der Waals surface area (Å²) in [5, 5.41) is 8.94. The van der Waals surface area contributed by atoms with Crippen LogP contribution in [-0.4, -0.2) is 21.8 Å². The molecule has 0 aliphatic rings. The Morgan fingerprint density at radius 3 is 2.56 bits per heavy atom. The number of rotatable bonds is 4. The van der Waals surface area contributed by atoms with E-state index in [1.54, 1.807) is 11.3 Å². The topological polar surface area (TPSA) is 42.7 Å². The summed E-state index contributed by atoms with van der Waals surface area (Å²) in [5.41, 5.74) is 3.41. The Labute approximate surface area is 112 Å². The van der Waals surface area contributed by atoms with Gasteiger partial charge in [-0.1, -0.05) is 0 Å². The summed E-state index contributed by atoms with van der Waals surface area (Å²) in [5.74, 6) is 0. The molecule has 1 N–H and O–H groups in total. The van der Waals surface area contributed by atoms with Gasteiger partial charge in [-0.15, -0.1) is 11.3 Å². The van der Waals surface area contributed by atoms with Crippen molar-refractivity contribution in [2.24, 2.45) is 7.05 Å². The number of nitrogens with one attached hydrogen (secondary N) is 1. The van der Waals surface area contributed by atoms with E-state index in [1.165, 1.54) is 15.6 Å². The Hall–Kier alpha value is -1.20. The molecule has 5 heteroatoms. The van der Waals surface area contributed by atoms with Gasteiger partial charge in [0.2, 0.25) is 0 Å². The minimum Gasteiger partial charge on any atom is -0.311 e. The minimum atomic E-state index is 0.265. The van der Waals surface area contributed by atoms with Crippen LogP contribution < -0.4 is 5.32 Å². The summed E-state index contributed by atoms with van der Waals surface area (Å²) in [6.07, 6.45) is 0.912. The van der Waals surface area contributed by atoms with E-state index in [0.717, 1.165) is 17.8 Å². The second kappa shape index (κ2) is 5.20. The molecule has 2 aromatic rings. The summed E-state index contributed by atoms with van der Waals surface area (Å²) in [7, 11) is 3.98. The zero-order valence-electron chi connectivity index (χ0n) is 11.6. The zero-order chi connectivity index (χ0) is 13.3. The lowest BCUT2D eigenvalue weighted by atomic mass is 10.1. The van der Waals surface area contributed by atoms with Crippen LogP contribution in [0.1, 0.15) is 33.0 Å². The van der Waals surface area contributed by atoms with Crippen molar-refractivity contribution in [2.75, 3.05) is 7.05 Å². The van der Waals surface area contributed by atoms with Crippen LogP contribution >= 0.6 is 11.3 Å². The number of aromatic nitrogens is 3. The highest BCUT2D eigenvalue weighted by atomic mass is 32.1. The summed E-state index contributed by atoms with van der Waals surface area (Å²) < 4.78 is 1.95. The molecule has 1 unspecified atom stereocenters. The van der Waals surface area contributed by atoms with Gasteiger partial charge in [0, 0.05) is 18.3 Å². The van der Waals surface area contributed by atoms with E-state index >= 15 is 0 Å². The Balaban J connectivity index is 2.22. The fourth-order valence-electron chi connectivity index (χ4n) is 2.11. The molecule has 4 nitrogen and oxygen atoms in total. The number of aryl methyl sites for hydroxylation is 4. The third-order valence-corrected chi connectivity index (χ3v) is 4.29. The first-order chi connectivity index (χ1) is 8.51. The van der Waals surface area contributed by atoms with Gasteiger partial charge in [0.05, 0.1) is 28.1 Å². The van der Waals surface area contributed by atoms with E-state index in [-0.39, 0.29) is 6.04 Å². The van der Waals surface area contributed by atoms with E-state index in [1.807, 2.05) is 25.7 Å². The molecule has 0 bridgehead atoms. The molecule has 0 aliphatic heterocycles. The SMILES string of the molecule is CNC(Cc1nc(C)c(C)s1)c1cc(C)nn1C. The molecule has 0 saturated carbocycles. The van der Waals surface area contributed by atoms with Crippen LogP contribution in [0.15, 0.2) is 6.07 Å². The molecule has 2 heterocycles. The van der Waals surface area contributed by atoms with Gasteiger partial charge >= 0.3 is 0 Å². The molecule has 0 radical (unpaired) electrons. The Bertz CT molecular complexity index is 522. The predicted molar refractivity (Wildman–Crippen MR) is 75.0 cm³/mol. The smallest absolute Gasteiger partial charge is 0.0950 e. The predicted octanol–water partition coefficient (Wildman–Crippen LogP) is 2.31. The van der Waals surface area contributed by atoms with Crippen LogP contribution in [0, 0.1) is 20.8 Å². The molecule has 0 aromatic carbocycles. The summed E-state index contributed by atoms with van der Waals surface area (Å²) >= 11 is 1.78. The standard InChI is InChI=1S/C13H20N4S/c1-8-6-12(17(5)16-8)11(14-4)7-13-15-9(2)10(3)18-13/h6,11,14H,7H2,1-5H3. The van der Waals surface area contributed by atoms with Gasteiger partial charge in [-0.3, -0.25) is 4.68 Å². The summed E-state index contributed by atoms with van der Waals surface area (Å²) in [6.45, 7) is 6.21. The van der Waals surface area contributed by atoms with Crippen LogP contribution in [0.2, 0.25) is 0 Å². The van der Waals surface area contributed by atoms with Crippen LogP contribution in [0.5, 0.6) is 0 Å². The first kappa shape index (κ1) is 13.2. The summed E-state index contributed by atoms with van der Waals surface area (Å²) in [6, 6.07) is 2.40. The largest absolute Gasteiger partial charge is 0.311 e. The third-order valence-electron chi connectivity index (χ3n) is 3.20. The maximum atomic E-state index is 4.61. The molecule has 18 heavy (non-hydrogen) atoms. The number of likely N-dealkylation sites (N-methyl/N-ethyl adjacent to an activating group) is 1. The minimum absolute atomic E-state index is 0.265. The molecular formula is C13H20N4S. The van der Waals surface area contributed by atoms with Crippen molar-refractivity contribution in [3.63, 3.8) is 0 Å². The summed E-state index contributed by atoms with van der Waals surface area (Å²) in [4.78, 5) is 5.92. The lowest BCUT2D eigenvalue weighted by molar-refractivity contribution is 0.536. The highest BCUT2D eigenvalue weighted by molar-refractivity contribution is 7.11. The van der Waals surface area contributed by atoms with E-state index in [4.69, 9.17) is 0 Å². The van der Waals surface area contributed by atoms with Crippen molar-refractivity contribution in [3.05, 3.63) is 33.0 Å². The molecule has 0 amide bonds. The van der Waals surface area contributed by atoms with Crippen molar-refractivity contribution in [3.8, 4) is 0 Å². The van der Waals surface area contributed by atoms with Crippen molar-refractivity contribution >= 4 is 11.3 Å². The van der Waals surface area contributed by atoms with E-state index < -0.39 is 0 Å². The lowest BCUT2D eigenvalue weighted by Crippen LogP contribution is -2.21. The first-order valence-electron chi connectivity index (χ1n) is 6.12. The van der Waals surface area contributed by atoms with Gasteiger partial charge in [0.15, 0.2) is 0 Å². The van der Waals surface area contributed by atoms with Crippen LogP contribution in [0.4, 0.5) is 0 Å². The highest BCUT2D eigenvalue weighted by Crippen LogP contribution is 2.23. The van der Waals surface area contributed by atoms with E-state index in [0.29, 0.717) is 0 Å². The van der Waals surface area contributed by atoms with Gasteiger partial charge in [0.25, 0.3) is 0 Å². The Morgan fingerprint density at radius 1 is 1.39 bits per heavy atom. The molecule has 0 saturated heterocycles. The van der Waals surface area contributed by atoms with Crippen molar-refractivity contribution in [2.45, 2.75) is 33.2 Å². The average Bonchev–Trinajstić information content (AvgIpc) is 2.79. The van der Waals surface area contributed by atoms with Crippen molar-refractivity contribution in [1.82, 2.24) is 20.1 Å². The van der Waals surface area contributed by atoms with Gasteiger partial charge in [-0.05, 0) is 33.9 Å². The number of thiazole rings is 1. The zero-order valence-corrected chi connectivity index (χ0v) is 12.4.